The van der Waals surface area contributed by atoms with Crippen LogP contribution in [0.4, 0.5) is 4.79 Å². The molecule has 5 nitrogen and oxygen atoms in total. The monoisotopic (exact) mass is 308 g/mol. The van der Waals surface area contributed by atoms with Crippen LogP contribution in [-0.4, -0.2) is 53.6 Å². The first-order valence-electron chi connectivity index (χ1n) is 8.55. The average Bonchev–Trinajstić information content (AvgIpc) is 2.33. The van der Waals surface area contributed by atoms with Crippen LogP contribution in [0.25, 0.3) is 0 Å². The fourth-order valence-corrected chi connectivity index (χ4v) is 3.81. The summed E-state index contributed by atoms with van der Waals surface area (Å²) in [6.07, 6.45) is 5.21. The Bertz CT molecular complexity index is 449. The number of carbonyl (C=O) groups is 2. The van der Waals surface area contributed by atoms with Crippen LogP contribution in [-0.2, 0) is 9.53 Å². The lowest BCUT2D eigenvalue weighted by atomic mass is 9.63. The Morgan fingerprint density at radius 2 is 1.64 bits per heavy atom. The van der Waals surface area contributed by atoms with Crippen molar-refractivity contribution in [3.63, 3.8) is 0 Å². The summed E-state index contributed by atoms with van der Waals surface area (Å²) in [7, 11) is 0. The van der Waals surface area contributed by atoms with Crippen molar-refractivity contribution in [2.75, 3.05) is 26.2 Å². The molecule has 0 unspecified atom stereocenters. The Hall–Kier alpha value is -1.26. The van der Waals surface area contributed by atoms with Crippen molar-refractivity contribution < 1.29 is 14.3 Å². The van der Waals surface area contributed by atoms with E-state index in [2.05, 4.69) is 0 Å². The normalized spacial score (nSPS) is 24.7. The predicted molar refractivity (Wildman–Crippen MR) is 83.4 cm³/mol. The fourth-order valence-electron chi connectivity index (χ4n) is 3.81. The molecular formula is C17H28N2O3. The third-order valence-corrected chi connectivity index (χ3v) is 5.27. The summed E-state index contributed by atoms with van der Waals surface area (Å²) < 4.78 is 5.39. The van der Waals surface area contributed by atoms with E-state index < -0.39 is 5.60 Å². The predicted octanol–water partition coefficient (Wildman–Crippen LogP) is 2.65. The van der Waals surface area contributed by atoms with Crippen LogP contribution in [0.1, 0.15) is 52.9 Å². The third-order valence-electron chi connectivity index (χ3n) is 5.27. The Balaban J connectivity index is 1.43. The van der Waals surface area contributed by atoms with E-state index in [0.717, 1.165) is 25.9 Å². The number of hydrogen-bond acceptors (Lipinski definition) is 3. The van der Waals surface area contributed by atoms with Crippen LogP contribution in [0.3, 0.4) is 0 Å². The molecule has 5 heteroatoms. The van der Waals surface area contributed by atoms with Gasteiger partial charge in [-0.25, -0.2) is 4.79 Å². The molecule has 0 aromatic heterocycles. The standard InChI is InChI=1S/C17H28N2O3/c1-16(2,3)22-15(21)18-9-5-13(6-10-18)14(20)19-11-17(12-19)7-4-8-17/h13H,4-12H2,1-3H3. The van der Waals surface area contributed by atoms with Gasteiger partial charge in [-0.15, -0.1) is 0 Å². The van der Waals surface area contributed by atoms with Gasteiger partial charge >= 0.3 is 6.09 Å². The molecule has 0 bridgehead atoms. The van der Waals surface area contributed by atoms with E-state index >= 15 is 0 Å². The third kappa shape index (κ3) is 3.08. The average molecular weight is 308 g/mol. The van der Waals surface area contributed by atoms with Crippen LogP contribution >= 0.6 is 0 Å². The molecule has 2 heterocycles. The Morgan fingerprint density at radius 1 is 1.05 bits per heavy atom. The summed E-state index contributed by atoms with van der Waals surface area (Å²) in [5, 5.41) is 0. The Labute approximate surface area is 133 Å². The summed E-state index contributed by atoms with van der Waals surface area (Å²) in [5.41, 5.74) is 0.0331. The minimum atomic E-state index is -0.460. The van der Waals surface area contributed by atoms with Crippen molar-refractivity contribution in [2.24, 2.45) is 11.3 Å². The molecule has 0 radical (unpaired) electrons. The molecule has 1 aliphatic carbocycles. The van der Waals surface area contributed by atoms with E-state index in [1.54, 1.807) is 4.90 Å². The smallest absolute Gasteiger partial charge is 0.410 e. The number of carbonyl (C=O) groups excluding carboxylic acids is 2. The number of hydrogen-bond donors (Lipinski definition) is 0. The van der Waals surface area contributed by atoms with Gasteiger partial charge in [0.2, 0.25) is 5.91 Å². The lowest BCUT2D eigenvalue weighted by Gasteiger charge is -2.56. The van der Waals surface area contributed by atoms with E-state index in [4.69, 9.17) is 4.74 Å². The largest absolute Gasteiger partial charge is 0.444 e. The molecule has 0 N–H and O–H groups in total. The van der Waals surface area contributed by atoms with Crippen LogP contribution in [0.15, 0.2) is 0 Å². The van der Waals surface area contributed by atoms with Crippen molar-refractivity contribution >= 4 is 12.0 Å². The first-order valence-corrected chi connectivity index (χ1v) is 8.55. The van der Waals surface area contributed by atoms with Crippen molar-refractivity contribution in [1.29, 1.82) is 0 Å². The molecule has 2 aliphatic heterocycles. The maximum absolute atomic E-state index is 12.5. The highest BCUT2D eigenvalue weighted by Crippen LogP contribution is 2.48. The highest BCUT2D eigenvalue weighted by atomic mass is 16.6. The van der Waals surface area contributed by atoms with E-state index in [0.29, 0.717) is 24.4 Å². The lowest BCUT2D eigenvalue weighted by Crippen LogP contribution is -2.62. The van der Waals surface area contributed by atoms with Crippen molar-refractivity contribution in [1.82, 2.24) is 9.80 Å². The molecule has 0 aromatic rings. The maximum atomic E-state index is 12.5. The van der Waals surface area contributed by atoms with Gasteiger partial charge in [-0.05, 0) is 46.5 Å². The zero-order valence-electron chi connectivity index (χ0n) is 14.1. The number of piperidine rings is 1. The number of nitrogens with zero attached hydrogens (tertiary/aromatic N) is 2. The van der Waals surface area contributed by atoms with Gasteiger partial charge in [0.15, 0.2) is 0 Å². The highest BCUT2D eigenvalue weighted by Gasteiger charge is 2.50. The molecule has 3 aliphatic rings. The summed E-state index contributed by atoms with van der Waals surface area (Å²) >= 11 is 0. The van der Waals surface area contributed by atoms with Crippen LogP contribution in [0, 0.1) is 11.3 Å². The Kier molecular flexibility index (Phi) is 3.86. The molecular weight excluding hydrogens is 280 g/mol. The van der Waals surface area contributed by atoms with Crippen molar-refractivity contribution in [3.8, 4) is 0 Å². The maximum Gasteiger partial charge on any atom is 0.410 e. The molecule has 0 atom stereocenters. The summed E-state index contributed by atoms with van der Waals surface area (Å²) in [6.45, 7) is 8.83. The molecule has 3 rings (SSSR count). The molecule has 124 valence electrons. The topological polar surface area (TPSA) is 49.9 Å². The van der Waals surface area contributed by atoms with Gasteiger partial charge in [-0.3, -0.25) is 4.79 Å². The lowest BCUT2D eigenvalue weighted by molar-refractivity contribution is -0.155. The zero-order valence-corrected chi connectivity index (χ0v) is 14.1. The van der Waals surface area contributed by atoms with Gasteiger partial charge in [0, 0.05) is 37.5 Å². The second kappa shape index (κ2) is 5.43. The minimum absolute atomic E-state index is 0.0936. The molecule has 2 saturated heterocycles. The van der Waals surface area contributed by atoms with E-state index in [-0.39, 0.29) is 12.0 Å². The molecule has 22 heavy (non-hydrogen) atoms. The number of amides is 2. The minimum Gasteiger partial charge on any atom is -0.444 e. The number of ether oxygens (including phenoxy) is 1. The van der Waals surface area contributed by atoms with E-state index in [1.165, 1.54) is 19.3 Å². The molecule has 2 amide bonds. The van der Waals surface area contributed by atoms with Crippen molar-refractivity contribution in [2.45, 2.75) is 58.5 Å². The quantitative estimate of drug-likeness (QED) is 0.748. The zero-order chi connectivity index (χ0) is 16.0. The van der Waals surface area contributed by atoms with Gasteiger partial charge < -0.3 is 14.5 Å². The fraction of sp³-hybridized carbons (Fsp3) is 0.882. The van der Waals surface area contributed by atoms with Gasteiger partial charge in [-0.1, -0.05) is 6.42 Å². The summed E-state index contributed by atoms with van der Waals surface area (Å²) in [6, 6.07) is 0. The number of rotatable bonds is 1. The van der Waals surface area contributed by atoms with Gasteiger partial charge in [0.25, 0.3) is 0 Å². The molecule has 3 fully saturated rings. The second-order valence-electron chi connectivity index (χ2n) is 8.29. The summed E-state index contributed by atoms with van der Waals surface area (Å²) in [5.74, 6) is 0.400. The molecule has 0 aromatic carbocycles. The van der Waals surface area contributed by atoms with Crippen LogP contribution in [0.2, 0.25) is 0 Å². The van der Waals surface area contributed by atoms with Crippen LogP contribution < -0.4 is 0 Å². The van der Waals surface area contributed by atoms with Gasteiger partial charge in [0.1, 0.15) is 5.60 Å². The second-order valence-corrected chi connectivity index (χ2v) is 8.29. The van der Waals surface area contributed by atoms with E-state index in [1.807, 2.05) is 25.7 Å². The summed E-state index contributed by atoms with van der Waals surface area (Å²) in [4.78, 5) is 28.3. The first-order chi connectivity index (χ1) is 10.3. The highest BCUT2D eigenvalue weighted by molar-refractivity contribution is 5.80. The van der Waals surface area contributed by atoms with Gasteiger partial charge in [-0.2, -0.15) is 0 Å². The Morgan fingerprint density at radius 3 is 2.09 bits per heavy atom. The van der Waals surface area contributed by atoms with Gasteiger partial charge in [0.05, 0.1) is 0 Å². The first kappa shape index (κ1) is 15.6. The van der Waals surface area contributed by atoms with Crippen LogP contribution in [0.5, 0.6) is 0 Å². The van der Waals surface area contributed by atoms with E-state index in [9.17, 15) is 9.59 Å². The van der Waals surface area contributed by atoms with Crippen molar-refractivity contribution in [3.05, 3.63) is 0 Å². The SMILES string of the molecule is CC(C)(C)OC(=O)N1CCC(C(=O)N2CC3(CCC3)C2)CC1. The molecule has 1 saturated carbocycles. The number of likely N-dealkylation sites (tertiary alicyclic amines) is 2. The molecule has 1 spiro atoms.